The van der Waals surface area contributed by atoms with Crippen LogP contribution in [0, 0.1) is 5.82 Å². The lowest BCUT2D eigenvalue weighted by molar-refractivity contribution is 0.152. The zero-order valence-electron chi connectivity index (χ0n) is 19.0. The van der Waals surface area contributed by atoms with Crippen LogP contribution in [0.1, 0.15) is 31.2 Å². The van der Waals surface area contributed by atoms with Crippen LogP contribution in [0.15, 0.2) is 53.4 Å². The molecular weight excluding hydrogens is 461 g/mol. The summed E-state index contributed by atoms with van der Waals surface area (Å²) in [6, 6.07) is 13.6. The van der Waals surface area contributed by atoms with E-state index in [1.54, 1.807) is 10.4 Å². The standard InChI is InChI=1S/C25H33ClFN3O2S/c26-22-9-7-21(8-10-22)11-16-29-17-12-23(13-18-29)30(20-19-28-14-3-4-15-28)33(31,32)25-6-2-1-5-24(25)27/h1-2,5-10,23H,3-4,11-20H2. The largest absolute Gasteiger partial charge is 0.303 e. The third kappa shape index (κ3) is 6.34. The Morgan fingerprint density at radius 1 is 0.909 bits per heavy atom. The molecule has 0 aromatic heterocycles. The molecule has 0 radical (unpaired) electrons. The Morgan fingerprint density at radius 2 is 1.55 bits per heavy atom. The van der Waals surface area contributed by atoms with Gasteiger partial charge in [-0.1, -0.05) is 35.9 Å². The van der Waals surface area contributed by atoms with Gasteiger partial charge in [-0.15, -0.1) is 0 Å². The number of halogens is 2. The quantitative estimate of drug-likeness (QED) is 0.523. The average molecular weight is 494 g/mol. The topological polar surface area (TPSA) is 43.9 Å². The highest BCUT2D eigenvalue weighted by Crippen LogP contribution is 2.26. The highest BCUT2D eigenvalue weighted by atomic mass is 35.5. The molecular formula is C25H33ClFN3O2S. The molecule has 2 aromatic carbocycles. The number of piperidine rings is 1. The summed E-state index contributed by atoms with van der Waals surface area (Å²) in [6.45, 7) is 5.74. The highest BCUT2D eigenvalue weighted by molar-refractivity contribution is 7.89. The molecule has 0 bridgehead atoms. The minimum absolute atomic E-state index is 0.107. The summed E-state index contributed by atoms with van der Waals surface area (Å²) in [6.07, 6.45) is 4.77. The van der Waals surface area contributed by atoms with Gasteiger partial charge in [0.15, 0.2) is 0 Å². The number of rotatable bonds is 9. The monoisotopic (exact) mass is 493 g/mol. The second kappa shape index (κ2) is 11.3. The first-order valence-corrected chi connectivity index (χ1v) is 13.7. The Hall–Kier alpha value is -1.51. The van der Waals surface area contributed by atoms with E-state index in [-0.39, 0.29) is 10.9 Å². The molecule has 2 heterocycles. The molecule has 0 N–H and O–H groups in total. The number of benzene rings is 2. The summed E-state index contributed by atoms with van der Waals surface area (Å²) >= 11 is 5.97. The van der Waals surface area contributed by atoms with E-state index < -0.39 is 15.8 Å². The van der Waals surface area contributed by atoms with Gasteiger partial charge in [-0.25, -0.2) is 12.8 Å². The number of sulfonamides is 1. The molecule has 4 rings (SSSR count). The molecule has 2 fully saturated rings. The van der Waals surface area contributed by atoms with Crippen LogP contribution in [0.2, 0.25) is 5.02 Å². The van der Waals surface area contributed by atoms with Crippen LogP contribution in [0.5, 0.6) is 0 Å². The van der Waals surface area contributed by atoms with E-state index in [4.69, 9.17) is 11.6 Å². The van der Waals surface area contributed by atoms with Crippen molar-refractivity contribution in [3.63, 3.8) is 0 Å². The minimum atomic E-state index is -3.90. The third-order valence-corrected chi connectivity index (χ3v) is 9.09. The normalized spacial score (nSPS) is 18.9. The lowest BCUT2D eigenvalue weighted by Crippen LogP contribution is -2.49. The van der Waals surface area contributed by atoms with Gasteiger partial charge in [-0.3, -0.25) is 0 Å². The smallest absolute Gasteiger partial charge is 0.246 e. The van der Waals surface area contributed by atoms with E-state index in [2.05, 4.69) is 21.9 Å². The van der Waals surface area contributed by atoms with Crippen molar-refractivity contribution in [2.24, 2.45) is 0 Å². The number of nitrogens with zero attached hydrogens (tertiary/aromatic N) is 3. The molecule has 5 nitrogen and oxygen atoms in total. The van der Waals surface area contributed by atoms with Crippen molar-refractivity contribution >= 4 is 21.6 Å². The van der Waals surface area contributed by atoms with Crippen molar-refractivity contribution in [1.29, 1.82) is 0 Å². The van der Waals surface area contributed by atoms with E-state index in [1.165, 1.54) is 23.8 Å². The van der Waals surface area contributed by atoms with Crippen molar-refractivity contribution < 1.29 is 12.8 Å². The van der Waals surface area contributed by atoms with Crippen LogP contribution in [0.4, 0.5) is 4.39 Å². The van der Waals surface area contributed by atoms with Gasteiger partial charge < -0.3 is 9.80 Å². The minimum Gasteiger partial charge on any atom is -0.303 e. The Balaban J connectivity index is 1.41. The van der Waals surface area contributed by atoms with E-state index in [1.807, 2.05) is 12.1 Å². The SMILES string of the molecule is O=S(=O)(c1ccccc1F)N(CCN1CCCC1)C1CCN(CCc2ccc(Cl)cc2)CC1. The van der Waals surface area contributed by atoms with Crippen LogP contribution in [-0.4, -0.2) is 74.4 Å². The molecule has 0 aliphatic carbocycles. The van der Waals surface area contributed by atoms with Gasteiger partial charge in [0, 0.05) is 30.7 Å². The lowest BCUT2D eigenvalue weighted by atomic mass is 10.0. The molecule has 8 heteroatoms. The van der Waals surface area contributed by atoms with E-state index >= 15 is 0 Å². The lowest BCUT2D eigenvalue weighted by Gasteiger charge is -2.38. The van der Waals surface area contributed by atoms with Crippen molar-refractivity contribution in [2.75, 3.05) is 45.8 Å². The molecule has 2 aliphatic heterocycles. The van der Waals surface area contributed by atoms with E-state index in [0.717, 1.165) is 69.9 Å². The summed E-state index contributed by atoms with van der Waals surface area (Å²) in [4.78, 5) is 4.49. The molecule has 33 heavy (non-hydrogen) atoms. The summed E-state index contributed by atoms with van der Waals surface area (Å²) in [5, 5.41) is 0.740. The maximum absolute atomic E-state index is 14.5. The van der Waals surface area contributed by atoms with Crippen LogP contribution >= 0.6 is 11.6 Å². The zero-order chi connectivity index (χ0) is 23.3. The fraction of sp³-hybridized carbons (Fsp3) is 0.520. The number of hydrogen-bond acceptors (Lipinski definition) is 4. The summed E-state index contributed by atoms with van der Waals surface area (Å²) in [7, 11) is -3.90. The summed E-state index contributed by atoms with van der Waals surface area (Å²) in [5.74, 6) is -0.677. The molecule has 0 unspecified atom stereocenters. The van der Waals surface area contributed by atoms with Crippen LogP contribution in [-0.2, 0) is 16.4 Å². The number of hydrogen-bond donors (Lipinski definition) is 0. The molecule has 2 aliphatic rings. The molecule has 180 valence electrons. The second-order valence-corrected chi connectivity index (χ2v) is 11.3. The summed E-state index contributed by atoms with van der Waals surface area (Å²) in [5.41, 5.74) is 1.25. The van der Waals surface area contributed by atoms with Gasteiger partial charge in [0.1, 0.15) is 10.7 Å². The third-order valence-electron chi connectivity index (χ3n) is 6.85. The van der Waals surface area contributed by atoms with Crippen molar-refractivity contribution in [1.82, 2.24) is 14.1 Å². The van der Waals surface area contributed by atoms with Gasteiger partial charge in [0.05, 0.1) is 0 Å². The fourth-order valence-electron chi connectivity index (χ4n) is 4.89. The van der Waals surface area contributed by atoms with Gasteiger partial charge in [-0.05, 0) is 88.1 Å². The van der Waals surface area contributed by atoms with Gasteiger partial charge in [0.2, 0.25) is 10.0 Å². The number of likely N-dealkylation sites (tertiary alicyclic amines) is 2. The van der Waals surface area contributed by atoms with Crippen molar-refractivity contribution in [3.8, 4) is 0 Å². The molecule has 0 amide bonds. The Labute approximate surface area is 202 Å². The predicted octanol–water partition coefficient (Wildman–Crippen LogP) is 4.27. The van der Waals surface area contributed by atoms with Crippen LogP contribution in [0.3, 0.4) is 0 Å². The summed E-state index contributed by atoms with van der Waals surface area (Å²) < 4.78 is 43.1. The molecule has 0 spiro atoms. The fourth-order valence-corrected chi connectivity index (χ4v) is 6.76. The Kier molecular flexibility index (Phi) is 8.41. The van der Waals surface area contributed by atoms with Crippen LogP contribution in [0.25, 0.3) is 0 Å². The first-order chi connectivity index (χ1) is 15.9. The Morgan fingerprint density at radius 3 is 2.21 bits per heavy atom. The molecule has 0 atom stereocenters. The highest BCUT2D eigenvalue weighted by Gasteiger charge is 2.35. The molecule has 2 saturated heterocycles. The maximum atomic E-state index is 14.5. The predicted molar refractivity (Wildman–Crippen MR) is 131 cm³/mol. The van der Waals surface area contributed by atoms with Crippen molar-refractivity contribution in [2.45, 2.75) is 43.0 Å². The van der Waals surface area contributed by atoms with E-state index in [0.29, 0.717) is 13.1 Å². The first kappa shape index (κ1) is 24.6. The van der Waals surface area contributed by atoms with Gasteiger partial charge in [-0.2, -0.15) is 4.31 Å². The van der Waals surface area contributed by atoms with Gasteiger partial charge >= 0.3 is 0 Å². The maximum Gasteiger partial charge on any atom is 0.246 e. The molecule has 0 saturated carbocycles. The second-order valence-electron chi connectivity index (χ2n) is 9.04. The average Bonchev–Trinajstić information content (AvgIpc) is 3.33. The zero-order valence-corrected chi connectivity index (χ0v) is 20.6. The Bertz CT molecular complexity index is 1000. The first-order valence-electron chi connectivity index (χ1n) is 11.9. The van der Waals surface area contributed by atoms with Crippen molar-refractivity contribution in [3.05, 3.63) is 64.9 Å². The van der Waals surface area contributed by atoms with E-state index in [9.17, 15) is 12.8 Å². The van der Waals surface area contributed by atoms with Gasteiger partial charge in [0.25, 0.3) is 0 Å². The molecule has 2 aromatic rings. The van der Waals surface area contributed by atoms with Crippen LogP contribution < -0.4 is 0 Å².